The molecule has 2 fully saturated rings. The van der Waals surface area contributed by atoms with Gasteiger partial charge in [-0.3, -0.25) is 4.79 Å². The van der Waals surface area contributed by atoms with E-state index in [-0.39, 0.29) is 0 Å². The Bertz CT molecular complexity index is 686. The van der Waals surface area contributed by atoms with E-state index in [9.17, 15) is 4.79 Å². The number of likely N-dealkylation sites (tertiary alicyclic amines) is 2. The predicted octanol–water partition coefficient (Wildman–Crippen LogP) is 2.83. The molecular formula is C20H28N4O. The number of aromatic amines is 1. The molecule has 2 aliphatic rings. The van der Waals surface area contributed by atoms with Crippen LogP contribution in [-0.4, -0.2) is 58.4 Å². The van der Waals surface area contributed by atoms with Crippen molar-refractivity contribution in [3.8, 4) is 0 Å². The highest BCUT2D eigenvalue weighted by Crippen LogP contribution is 2.22. The molecule has 1 aromatic heterocycles. The third kappa shape index (κ3) is 4.03. The molecule has 134 valence electrons. The van der Waals surface area contributed by atoms with Crippen LogP contribution in [0.1, 0.15) is 37.9 Å². The molecule has 2 aliphatic heterocycles. The summed E-state index contributed by atoms with van der Waals surface area (Å²) in [5.74, 6) is 1.91. The zero-order valence-corrected chi connectivity index (χ0v) is 14.9. The van der Waals surface area contributed by atoms with Crippen molar-refractivity contribution < 1.29 is 4.79 Å². The van der Waals surface area contributed by atoms with E-state index in [1.165, 1.54) is 32.4 Å². The Balaban J connectivity index is 1.31. The second-order valence-corrected chi connectivity index (χ2v) is 7.55. The first-order valence-corrected chi connectivity index (χ1v) is 9.72. The molecule has 1 unspecified atom stereocenters. The number of carbonyl (C=O) groups is 1. The van der Waals surface area contributed by atoms with Crippen LogP contribution < -0.4 is 0 Å². The fourth-order valence-electron chi connectivity index (χ4n) is 4.25. The molecule has 5 nitrogen and oxygen atoms in total. The van der Waals surface area contributed by atoms with Crippen LogP contribution in [0.15, 0.2) is 24.3 Å². The van der Waals surface area contributed by atoms with Crippen LogP contribution in [0.4, 0.5) is 0 Å². The van der Waals surface area contributed by atoms with Gasteiger partial charge in [-0.1, -0.05) is 12.1 Å². The van der Waals surface area contributed by atoms with E-state index in [2.05, 4.69) is 20.9 Å². The van der Waals surface area contributed by atoms with E-state index in [0.717, 1.165) is 49.3 Å². The molecule has 0 radical (unpaired) electrons. The number of hydrogen-bond donors (Lipinski definition) is 1. The number of carbonyl (C=O) groups excluding carboxylic acids is 1. The fraction of sp³-hybridized carbons (Fsp3) is 0.600. The lowest BCUT2D eigenvalue weighted by molar-refractivity contribution is -0.133. The minimum atomic E-state index is 0.334. The van der Waals surface area contributed by atoms with E-state index in [4.69, 9.17) is 4.98 Å². The van der Waals surface area contributed by atoms with Crippen molar-refractivity contribution in [2.45, 2.75) is 38.5 Å². The lowest BCUT2D eigenvalue weighted by atomic mass is 9.94. The molecule has 0 saturated carbocycles. The van der Waals surface area contributed by atoms with Gasteiger partial charge in [-0.15, -0.1) is 0 Å². The summed E-state index contributed by atoms with van der Waals surface area (Å²) in [5, 5.41) is 0. The molecule has 0 aliphatic carbocycles. The molecule has 1 amide bonds. The molecule has 5 heteroatoms. The molecule has 1 atom stereocenters. The van der Waals surface area contributed by atoms with Crippen LogP contribution in [0, 0.1) is 5.92 Å². The van der Waals surface area contributed by atoms with Crippen molar-refractivity contribution in [2.75, 3.05) is 32.7 Å². The molecule has 1 N–H and O–H groups in total. The van der Waals surface area contributed by atoms with E-state index in [0.29, 0.717) is 18.2 Å². The lowest BCUT2D eigenvalue weighted by Gasteiger charge is -2.33. The Kier molecular flexibility index (Phi) is 5.02. The molecule has 4 rings (SSSR count). The van der Waals surface area contributed by atoms with Crippen LogP contribution in [0.5, 0.6) is 0 Å². The first kappa shape index (κ1) is 16.6. The smallest absolute Gasteiger partial charge is 0.223 e. The molecule has 1 aromatic carbocycles. The summed E-state index contributed by atoms with van der Waals surface area (Å²) in [7, 11) is 0. The van der Waals surface area contributed by atoms with Gasteiger partial charge in [0.1, 0.15) is 5.82 Å². The first-order valence-electron chi connectivity index (χ1n) is 9.72. The van der Waals surface area contributed by atoms with Gasteiger partial charge in [-0.2, -0.15) is 0 Å². The normalized spacial score (nSPS) is 21.9. The van der Waals surface area contributed by atoms with Crippen molar-refractivity contribution in [2.24, 2.45) is 5.92 Å². The molecule has 2 aromatic rings. The monoisotopic (exact) mass is 340 g/mol. The number of H-pyrrole nitrogens is 1. The highest BCUT2D eigenvalue weighted by atomic mass is 16.2. The average molecular weight is 340 g/mol. The fourth-order valence-corrected chi connectivity index (χ4v) is 4.25. The minimum Gasteiger partial charge on any atom is -0.342 e. The maximum Gasteiger partial charge on any atom is 0.223 e. The van der Waals surface area contributed by atoms with Gasteiger partial charge in [0.25, 0.3) is 0 Å². The zero-order valence-electron chi connectivity index (χ0n) is 14.9. The van der Waals surface area contributed by atoms with Crippen LogP contribution in [0.2, 0.25) is 0 Å². The van der Waals surface area contributed by atoms with Gasteiger partial charge in [-0.05, 0) is 56.8 Å². The van der Waals surface area contributed by atoms with Gasteiger partial charge in [0.15, 0.2) is 0 Å². The number of fused-ring (bicyclic) bond motifs is 1. The number of para-hydroxylation sites is 2. The summed E-state index contributed by atoms with van der Waals surface area (Å²) in [4.78, 5) is 25.2. The predicted molar refractivity (Wildman–Crippen MR) is 99.4 cm³/mol. The lowest BCUT2D eigenvalue weighted by Crippen LogP contribution is -2.41. The van der Waals surface area contributed by atoms with Crippen molar-refractivity contribution >= 4 is 16.9 Å². The van der Waals surface area contributed by atoms with Crippen molar-refractivity contribution in [1.29, 1.82) is 0 Å². The number of aromatic nitrogens is 2. The molecular weight excluding hydrogens is 312 g/mol. The van der Waals surface area contributed by atoms with Crippen molar-refractivity contribution in [1.82, 2.24) is 19.8 Å². The molecule has 2 saturated heterocycles. The van der Waals surface area contributed by atoms with Gasteiger partial charge in [-0.25, -0.2) is 4.98 Å². The zero-order chi connectivity index (χ0) is 17.1. The summed E-state index contributed by atoms with van der Waals surface area (Å²) in [6.07, 6.45) is 6.49. The van der Waals surface area contributed by atoms with Crippen LogP contribution >= 0.6 is 0 Å². The number of rotatable bonds is 5. The number of piperidine rings is 1. The van der Waals surface area contributed by atoms with E-state index in [1.807, 2.05) is 18.2 Å². The van der Waals surface area contributed by atoms with Crippen LogP contribution in [-0.2, 0) is 11.2 Å². The highest BCUT2D eigenvalue weighted by molar-refractivity contribution is 5.76. The quantitative estimate of drug-likeness (QED) is 0.910. The van der Waals surface area contributed by atoms with E-state index < -0.39 is 0 Å². The molecule has 3 heterocycles. The topological polar surface area (TPSA) is 52.2 Å². The van der Waals surface area contributed by atoms with Crippen molar-refractivity contribution in [3.05, 3.63) is 30.1 Å². The number of benzene rings is 1. The van der Waals surface area contributed by atoms with Crippen LogP contribution in [0.25, 0.3) is 11.0 Å². The standard InChI is InChI=1S/C20H28N4O/c25-20(9-13-23-10-3-4-11-23)24-12-5-6-16(15-24)14-19-21-17-7-1-2-8-18(17)22-19/h1-2,7-8,16H,3-6,9-15H2,(H,21,22). The summed E-state index contributed by atoms with van der Waals surface area (Å²) >= 11 is 0. The summed E-state index contributed by atoms with van der Waals surface area (Å²) in [6, 6.07) is 8.17. The van der Waals surface area contributed by atoms with Crippen LogP contribution in [0.3, 0.4) is 0 Å². The maximum absolute atomic E-state index is 12.6. The minimum absolute atomic E-state index is 0.334. The summed E-state index contributed by atoms with van der Waals surface area (Å²) in [5.41, 5.74) is 2.14. The number of nitrogens with zero attached hydrogens (tertiary/aromatic N) is 3. The van der Waals surface area contributed by atoms with Gasteiger partial charge in [0.2, 0.25) is 5.91 Å². The third-order valence-corrected chi connectivity index (χ3v) is 5.63. The summed E-state index contributed by atoms with van der Waals surface area (Å²) in [6.45, 7) is 5.08. The van der Waals surface area contributed by atoms with Gasteiger partial charge < -0.3 is 14.8 Å². The molecule has 25 heavy (non-hydrogen) atoms. The Labute approximate surface area is 149 Å². The first-order chi connectivity index (χ1) is 12.3. The Hall–Kier alpha value is -1.88. The number of amides is 1. The van der Waals surface area contributed by atoms with E-state index in [1.54, 1.807) is 0 Å². The highest BCUT2D eigenvalue weighted by Gasteiger charge is 2.25. The van der Waals surface area contributed by atoms with Gasteiger partial charge in [0, 0.05) is 32.5 Å². The van der Waals surface area contributed by atoms with E-state index >= 15 is 0 Å². The van der Waals surface area contributed by atoms with Gasteiger partial charge >= 0.3 is 0 Å². The molecule has 0 spiro atoms. The second-order valence-electron chi connectivity index (χ2n) is 7.55. The number of imidazole rings is 1. The molecule has 0 bridgehead atoms. The SMILES string of the molecule is O=C(CCN1CCCC1)N1CCCC(Cc2nc3ccccc3[nH]2)C1. The Morgan fingerprint density at radius 1 is 1.16 bits per heavy atom. The summed E-state index contributed by atoms with van der Waals surface area (Å²) < 4.78 is 0. The third-order valence-electron chi connectivity index (χ3n) is 5.63. The maximum atomic E-state index is 12.6. The largest absolute Gasteiger partial charge is 0.342 e. The average Bonchev–Trinajstić information content (AvgIpc) is 3.28. The van der Waals surface area contributed by atoms with Crippen molar-refractivity contribution in [3.63, 3.8) is 0 Å². The second kappa shape index (κ2) is 7.56. The number of hydrogen-bond acceptors (Lipinski definition) is 3. The Morgan fingerprint density at radius 2 is 2.00 bits per heavy atom. The Morgan fingerprint density at radius 3 is 2.84 bits per heavy atom. The van der Waals surface area contributed by atoms with Gasteiger partial charge in [0.05, 0.1) is 11.0 Å². The number of nitrogens with one attached hydrogen (secondary N) is 1.